The summed E-state index contributed by atoms with van der Waals surface area (Å²) >= 11 is 5.66. The first-order chi connectivity index (χ1) is 14.5. The third kappa shape index (κ3) is 5.22. The molecule has 0 nitrogen and oxygen atoms in total. The van der Waals surface area contributed by atoms with E-state index < -0.39 is 11.6 Å². The normalized spacial score (nSPS) is 34.5. The second kappa shape index (κ2) is 10.3. The van der Waals surface area contributed by atoms with Gasteiger partial charge in [-0.3, -0.25) is 0 Å². The summed E-state index contributed by atoms with van der Waals surface area (Å²) in [6.07, 6.45) is 19.0. The molecule has 0 spiro atoms. The Kier molecular flexibility index (Phi) is 7.76. The van der Waals surface area contributed by atoms with Crippen molar-refractivity contribution in [2.24, 2.45) is 29.6 Å². The predicted molar refractivity (Wildman–Crippen MR) is 122 cm³/mol. The van der Waals surface area contributed by atoms with Gasteiger partial charge in [0.2, 0.25) is 0 Å². The van der Waals surface area contributed by atoms with Gasteiger partial charge in [-0.2, -0.15) is 0 Å². The molecule has 0 heterocycles. The zero-order valence-electron chi connectivity index (χ0n) is 18.7. The molecule has 3 heteroatoms. The first-order valence-electron chi connectivity index (χ1n) is 12.7. The van der Waals surface area contributed by atoms with Crippen LogP contribution in [-0.4, -0.2) is 0 Å². The molecule has 0 bridgehead atoms. The molecule has 0 N–H and O–H groups in total. The Bertz CT molecular complexity index is 671. The molecule has 3 aliphatic carbocycles. The van der Waals surface area contributed by atoms with Crippen LogP contribution in [-0.2, 0) is 0 Å². The average Bonchev–Trinajstić information content (AvgIpc) is 2.77. The fourth-order valence-electron chi connectivity index (χ4n) is 7.13. The van der Waals surface area contributed by atoms with E-state index in [2.05, 4.69) is 6.92 Å². The largest absolute Gasteiger partial charge is 0.205 e. The van der Waals surface area contributed by atoms with Gasteiger partial charge in [0.1, 0.15) is 16.7 Å². The number of halogens is 3. The van der Waals surface area contributed by atoms with Crippen molar-refractivity contribution in [2.45, 2.75) is 103 Å². The highest BCUT2D eigenvalue weighted by Gasteiger charge is 2.38. The lowest BCUT2D eigenvalue weighted by atomic mass is 9.60. The van der Waals surface area contributed by atoms with E-state index in [0.717, 1.165) is 48.0 Å². The summed E-state index contributed by atoms with van der Waals surface area (Å²) in [5, 5.41) is -0.371. The number of benzene rings is 1. The van der Waals surface area contributed by atoms with Crippen LogP contribution in [0.15, 0.2) is 12.1 Å². The Hall–Kier alpha value is -0.630. The lowest BCUT2D eigenvalue weighted by molar-refractivity contribution is 0.0613. The molecule has 30 heavy (non-hydrogen) atoms. The first-order valence-corrected chi connectivity index (χ1v) is 13.1. The maximum atomic E-state index is 13.9. The quantitative estimate of drug-likeness (QED) is 0.307. The zero-order chi connectivity index (χ0) is 21.1. The van der Waals surface area contributed by atoms with Gasteiger partial charge in [-0.15, -0.1) is 0 Å². The van der Waals surface area contributed by atoms with Gasteiger partial charge >= 0.3 is 0 Å². The Morgan fingerprint density at radius 3 is 2.00 bits per heavy atom. The van der Waals surface area contributed by atoms with Crippen molar-refractivity contribution in [2.75, 3.05) is 0 Å². The van der Waals surface area contributed by atoms with E-state index in [1.807, 2.05) is 0 Å². The molecule has 4 unspecified atom stereocenters. The van der Waals surface area contributed by atoms with Crippen molar-refractivity contribution in [3.63, 3.8) is 0 Å². The molecule has 0 saturated heterocycles. The van der Waals surface area contributed by atoms with Crippen molar-refractivity contribution in [1.29, 1.82) is 0 Å². The van der Waals surface area contributed by atoms with Crippen molar-refractivity contribution >= 4 is 11.6 Å². The molecular weight excluding hydrogens is 398 g/mol. The van der Waals surface area contributed by atoms with Crippen LogP contribution in [0.1, 0.15) is 108 Å². The van der Waals surface area contributed by atoms with Crippen molar-refractivity contribution in [3.8, 4) is 0 Å². The third-order valence-electron chi connectivity index (χ3n) is 8.89. The molecule has 1 aromatic carbocycles. The van der Waals surface area contributed by atoms with Gasteiger partial charge in [0, 0.05) is 0 Å². The number of unbranched alkanes of at least 4 members (excludes halogenated alkanes) is 2. The Labute approximate surface area is 187 Å². The van der Waals surface area contributed by atoms with Crippen LogP contribution < -0.4 is 0 Å². The summed E-state index contributed by atoms with van der Waals surface area (Å²) in [6, 6.07) is 2.92. The second-order valence-corrected chi connectivity index (χ2v) is 11.1. The average molecular weight is 437 g/mol. The second-order valence-electron chi connectivity index (χ2n) is 10.7. The van der Waals surface area contributed by atoms with E-state index in [0.29, 0.717) is 0 Å². The molecule has 3 aliphatic rings. The van der Waals surface area contributed by atoms with Gasteiger partial charge in [0.05, 0.1) is 0 Å². The van der Waals surface area contributed by atoms with Crippen molar-refractivity contribution in [1.82, 2.24) is 0 Å². The highest BCUT2D eigenvalue weighted by molar-refractivity contribution is 6.30. The van der Waals surface area contributed by atoms with Crippen molar-refractivity contribution in [3.05, 3.63) is 34.4 Å². The Morgan fingerprint density at radius 2 is 1.33 bits per heavy atom. The number of hydrogen-bond acceptors (Lipinski definition) is 0. The predicted octanol–water partition coefficient (Wildman–Crippen LogP) is 9.30. The first kappa shape index (κ1) is 22.6. The summed E-state index contributed by atoms with van der Waals surface area (Å²) < 4.78 is 27.7. The van der Waals surface area contributed by atoms with Crippen LogP contribution >= 0.6 is 11.6 Å². The topological polar surface area (TPSA) is 0 Å². The number of hydrogen-bond donors (Lipinski definition) is 0. The van der Waals surface area contributed by atoms with Crippen LogP contribution in [0.5, 0.6) is 0 Å². The van der Waals surface area contributed by atoms with E-state index in [-0.39, 0.29) is 10.9 Å². The van der Waals surface area contributed by atoms with Gasteiger partial charge in [-0.05, 0) is 111 Å². The highest BCUT2D eigenvalue weighted by Crippen LogP contribution is 2.50. The van der Waals surface area contributed by atoms with E-state index >= 15 is 0 Å². The molecule has 3 fully saturated rings. The van der Waals surface area contributed by atoms with Crippen molar-refractivity contribution < 1.29 is 8.78 Å². The van der Waals surface area contributed by atoms with Crippen LogP contribution in [0.3, 0.4) is 0 Å². The van der Waals surface area contributed by atoms with Gasteiger partial charge < -0.3 is 0 Å². The fraction of sp³-hybridized carbons (Fsp3) is 0.778. The molecule has 0 radical (unpaired) electrons. The lowest BCUT2D eigenvalue weighted by Gasteiger charge is -2.45. The van der Waals surface area contributed by atoms with E-state index in [4.69, 9.17) is 11.6 Å². The van der Waals surface area contributed by atoms with Gasteiger partial charge in [0.25, 0.3) is 0 Å². The lowest BCUT2D eigenvalue weighted by Crippen LogP contribution is -2.34. The van der Waals surface area contributed by atoms with Crippen LogP contribution in [0, 0.1) is 41.2 Å². The monoisotopic (exact) mass is 436 g/mol. The zero-order valence-corrected chi connectivity index (χ0v) is 19.4. The maximum Gasteiger partial charge on any atom is 0.145 e. The summed E-state index contributed by atoms with van der Waals surface area (Å²) in [7, 11) is 0. The number of rotatable bonds is 6. The molecule has 1 aromatic rings. The Balaban J connectivity index is 1.26. The summed E-state index contributed by atoms with van der Waals surface area (Å²) in [5.41, 5.74) is 0.804. The highest BCUT2D eigenvalue weighted by atomic mass is 35.5. The van der Waals surface area contributed by atoms with Crippen LogP contribution in [0.4, 0.5) is 8.78 Å². The molecule has 4 atom stereocenters. The van der Waals surface area contributed by atoms with E-state index in [1.165, 1.54) is 89.2 Å². The fourth-order valence-corrected chi connectivity index (χ4v) is 7.24. The smallest absolute Gasteiger partial charge is 0.145 e. The molecule has 168 valence electrons. The minimum atomic E-state index is -0.614. The summed E-state index contributed by atoms with van der Waals surface area (Å²) in [4.78, 5) is 0. The van der Waals surface area contributed by atoms with Gasteiger partial charge in [0.15, 0.2) is 0 Å². The van der Waals surface area contributed by atoms with Gasteiger partial charge in [-0.1, -0.05) is 50.6 Å². The molecular formula is C27H39ClF2. The standard InChI is InChI=1S/C27H39ClF2/c1-2-3-4-5-18-6-7-23-15-22(13-12-21(23)14-18)19-8-10-20(11-9-19)24-16-25(29)27(28)26(30)17-24/h16-23H,2-15H2,1H3. The minimum absolute atomic E-state index is 0.289. The molecule has 3 saturated carbocycles. The minimum Gasteiger partial charge on any atom is -0.205 e. The van der Waals surface area contributed by atoms with E-state index in [9.17, 15) is 8.78 Å². The third-order valence-corrected chi connectivity index (χ3v) is 9.26. The molecule has 0 amide bonds. The van der Waals surface area contributed by atoms with Crippen LogP contribution in [0.2, 0.25) is 5.02 Å². The summed E-state index contributed by atoms with van der Waals surface area (Å²) in [5.74, 6) is 3.76. The maximum absolute atomic E-state index is 13.9. The number of fused-ring (bicyclic) bond motifs is 1. The molecule has 0 aliphatic heterocycles. The van der Waals surface area contributed by atoms with Crippen LogP contribution in [0.25, 0.3) is 0 Å². The molecule has 0 aromatic heterocycles. The molecule has 4 rings (SSSR count). The SMILES string of the molecule is CCCCCC1CCC2CC(C3CCC(c4cc(F)c(Cl)c(F)c4)CC3)CCC2C1. The van der Waals surface area contributed by atoms with E-state index in [1.54, 1.807) is 0 Å². The summed E-state index contributed by atoms with van der Waals surface area (Å²) in [6.45, 7) is 2.30. The Morgan fingerprint density at radius 1 is 0.767 bits per heavy atom. The van der Waals surface area contributed by atoms with Gasteiger partial charge in [-0.25, -0.2) is 8.78 Å².